The first-order chi connectivity index (χ1) is 7.81. The molecule has 2 rings (SSSR count). The van der Waals surface area contributed by atoms with Crippen molar-refractivity contribution in [3.63, 3.8) is 0 Å². The first-order valence-corrected chi connectivity index (χ1v) is 8.15. The van der Waals surface area contributed by atoms with E-state index >= 15 is 0 Å². The van der Waals surface area contributed by atoms with Crippen LogP contribution in [0.25, 0.3) is 0 Å². The standard InChI is InChI=1S/C13H20OS2/c1-2-3-4-5-11(14)13-8-10-9-15-7-6-12(10)16-13/h8,11,14H,2-7,9H2,1H3. The summed E-state index contributed by atoms with van der Waals surface area (Å²) in [7, 11) is 0. The molecule has 0 saturated carbocycles. The third-order valence-corrected chi connectivity index (χ3v) is 5.40. The topological polar surface area (TPSA) is 20.2 Å². The van der Waals surface area contributed by atoms with Gasteiger partial charge in [-0.1, -0.05) is 26.2 Å². The van der Waals surface area contributed by atoms with E-state index in [1.165, 1.54) is 40.3 Å². The van der Waals surface area contributed by atoms with Crippen molar-refractivity contribution in [1.29, 1.82) is 0 Å². The average Bonchev–Trinajstić information content (AvgIpc) is 2.73. The summed E-state index contributed by atoms with van der Waals surface area (Å²) in [5.74, 6) is 2.40. The minimum atomic E-state index is -0.216. The monoisotopic (exact) mass is 256 g/mol. The van der Waals surface area contributed by atoms with Gasteiger partial charge >= 0.3 is 0 Å². The number of rotatable bonds is 5. The van der Waals surface area contributed by atoms with Crippen LogP contribution < -0.4 is 0 Å². The van der Waals surface area contributed by atoms with E-state index in [2.05, 4.69) is 13.0 Å². The van der Waals surface area contributed by atoms with Gasteiger partial charge in [0.2, 0.25) is 0 Å². The lowest BCUT2D eigenvalue weighted by Crippen LogP contribution is -1.96. The van der Waals surface area contributed by atoms with Gasteiger partial charge < -0.3 is 5.11 Å². The number of thioether (sulfide) groups is 1. The first-order valence-electron chi connectivity index (χ1n) is 6.18. The molecule has 0 amide bonds. The summed E-state index contributed by atoms with van der Waals surface area (Å²) in [4.78, 5) is 2.71. The predicted molar refractivity (Wildman–Crippen MR) is 73.3 cm³/mol. The van der Waals surface area contributed by atoms with E-state index in [4.69, 9.17) is 0 Å². The lowest BCUT2D eigenvalue weighted by atomic mass is 10.1. The van der Waals surface area contributed by atoms with Crippen molar-refractivity contribution < 1.29 is 5.11 Å². The van der Waals surface area contributed by atoms with E-state index in [-0.39, 0.29) is 6.10 Å². The van der Waals surface area contributed by atoms with Crippen molar-refractivity contribution in [3.8, 4) is 0 Å². The van der Waals surface area contributed by atoms with E-state index in [0.717, 1.165) is 18.6 Å². The fourth-order valence-electron chi connectivity index (χ4n) is 2.06. The number of aryl methyl sites for hydroxylation is 1. The second-order valence-corrected chi connectivity index (χ2v) is 6.68. The van der Waals surface area contributed by atoms with Gasteiger partial charge in [-0.2, -0.15) is 11.8 Å². The van der Waals surface area contributed by atoms with E-state index in [0.29, 0.717) is 0 Å². The number of thiophene rings is 1. The number of hydrogen-bond donors (Lipinski definition) is 1. The lowest BCUT2D eigenvalue weighted by Gasteiger charge is -2.08. The average molecular weight is 256 g/mol. The van der Waals surface area contributed by atoms with Crippen molar-refractivity contribution in [2.75, 3.05) is 5.75 Å². The van der Waals surface area contributed by atoms with E-state index in [9.17, 15) is 5.11 Å². The Labute approximate surface area is 106 Å². The molecule has 1 N–H and O–H groups in total. The molecule has 1 aliphatic rings. The number of aliphatic hydroxyl groups is 1. The highest BCUT2D eigenvalue weighted by Crippen LogP contribution is 2.35. The molecular weight excluding hydrogens is 236 g/mol. The summed E-state index contributed by atoms with van der Waals surface area (Å²) in [5, 5.41) is 10.1. The van der Waals surface area contributed by atoms with Gasteiger partial charge in [-0.3, -0.25) is 0 Å². The van der Waals surface area contributed by atoms with Crippen LogP contribution in [0.15, 0.2) is 6.07 Å². The third-order valence-electron chi connectivity index (χ3n) is 3.06. The van der Waals surface area contributed by atoms with Crippen LogP contribution in [-0.2, 0) is 12.2 Å². The number of unbranched alkanes of at least 4 members (excludes halogenated alkanes) is 2. The van der Waals surface area contributed by atoms with Crippen LogP contribution >= 0.6 is 23.1 Å². The fourth-order valence-corrected chi connectivity index (χ4v) is 4.46. The fraction of sp³-hybridized carbons (Fsp3) is 0.692. The minimum absolute atomic E-state index is 0.216. The highest BCUT2D eigenvalue weighted by atomic mass is 32.2. The molecule has 0 bridgehead atoms. The number of fused-ring (bicyclic) bond motifs is 1. The van der Waals surface area contributed by atoms with Crippen LogP contribution in [0.4, 0.5) is 0 Å². The molecule has 0 aromatic carbocycles. The highest BCUT2D eigenvalue weighted by Gasteiger charge is 2.17. The molecule has 1 aromatic heterocycles. The van der Waals surface area contributed by atoms with Gasteiger partial charge in [0.05, 0.1) is 6.10 Å². The van der Waals surface area contributed by atoms with Crippen LogP contribution in [0.2, 0.25) is 0 Å². The number of aliphatic hydroxyl groups excluding tert-OH is 1. The maximum Gasteiger partial charge on any atom is 0.0882 e. The van der Waals surface area contributed by atoms with Gasteiger partial charge in [0.25, 0.3) is 0 Å². The smallest absolute Gasteiger partial charge is 0.0882 e. The van der Waals surface area contributed by atoms with Crippen molar-refractivity contribution >= 4 is 23.1 Å². The Hall–Kier alpha value is 0.01000. The van der Waals surface area contributed by atoms with E-state index in [1.54, 1.807) is 0 Å². The van der Waals surface area contributed by atoms with E-state index in [1.807, 2.05) is 23.1 Å². The molecule has 1 unspecified atom stereocenters. The normalized spacial score (nSPS) is 17.1. The van der Waals surface area contributed by atoms with Crippen molar-refractivity contribution in [2.45, 2.75) is 50.9 Å². The van der Waals surface area contributed by atoms with Crippen molar-refractivity contribution in [1.82, 2.24) is 0 Å². The van der Waals surface area contributed by atoms with Crippen LogP contribution in [0.3, 0.4) is 0 Å². The second-order valence-electron chi connectivity index (χ2n) is 4.41. The zero-order valence-corrected chi connectivity index (χ0v) is 11.5. The molecule has 0 radical (unpaired) electrons. The van der Waals surface area contributed by atoms with Gasteiger partial charge in [0.15, 0.2) is 0 Å². The first kappa shape index (κ1) is 12.5. The molecule has 1 atom stereocenters. The minimum Gasteiger partial charge on any atom is -0.388 e. The molecule has 0 spiro atoms. The summed E-state index contributed by atoms with van der Waals surface area (Å²) in [6.07, 6.45) is 5.52. The Kier molecular flexibility index (Phi) is 4.74. The summed E-state index contributed by atoms with van der Waals surface area (Å²) in [5.41, 5.74) is 1.48. The van der Waals surface area contributed by atoms with Crippen molar-refractivity contribution in [3.05, 3.63) is 21.4 Å². The SMILES string of the molecule is CCCCCC(O)c1cc2c(s1)CCSC2. The zero-order valence-electron chi connectivity index (χ0n) is 9.87. The molecular formula is C13H20OS2. The van der Waals surface area contributed by atoms with Crippen molar-refractivity contribution in [2.24, 2.45) is 0 Å². The van der Waals surface area contributed by atoms with Gasteiger partial charge in [-0.05, 0) is 30.2 Å². The van der Waals surface area contributed by atoms with Crippen LogP contribution in [0.1, 0.15) is 54.0 Å². The summed E-state index contributed by atoms with van der Waals surface area (Å²) in [6, 6.07) is 2.24. The number of hydrogen-bond acceptors (Lipinski definition) is 3. The molecule has 2 heterocycles. The molecule has 3 heteroatoms. The molecule has 0 aliphatic carbocycles. The maximum absolute atomic E-state index is 10.1. The third kappa shape index (κ3) is 3.02. The Bertz CT molecular complexity index is 309. The molecule has 1 aliphatic heterocycles. The predicted octanol–water partition coefficient (Wildman–Crippen LogP) is 4.15. The van der Waals surface area contributed by atoms with Gasteiger partial charge in [0.1, 0.15) is 0 Å². The lowest BCUT2D eigenvalue weighted by molar-refractivity contribution is 0.167. The van der Waals surface area contributed by atoms with E-state index < -0.39 is 0 Å². The Morgan fingerprint density at radius 2 is 2.31 bits per heavy atom. The quantitative estimate of drug-likeness (QED) is 0.799. The van der Waals surface area contributed by atoms with Gasteiger partial charge in [-0.15, -0.1) is 11.3 Å². The zero-order chi connectivity index (χ0) is 11.4. The Morgan fingerprint density at radius 1 is 1.44 bits per heavy atom. The van der Waals surface area contributed by atoms with Crippen LogP contribution in [-0.4, -0.2) is 10.9 Å². The maximum atomic E-state index is 10.1. The summed E-state index contributed by atoms with van der Waals surface area (Å²) >= 11 is 3.85. The second kappa shape index (κ2) is 6.08. The van der Waals surface area contributed by atoms with Gasteiger partial charge in [-0.25, -0.2) is 0 Å². The van der Waals surface area contributed by atoms with Gasteiger partial charge in [0, 0.05) is 15.5 Å². The van der Waals surface area contributed by atoms with Crippen LogP contribution in [0.5, 0.6) is 0 Å². The Morgan fingerprint density at radius 3 is 3.06 bits per heavy atom. The molecule has 16 heavy (non-hydrogen) atoms. The van der Waals surface area contributed by atoms with Crippen LogP contribution in [0, 0.1) is 0 Å². The summed E-state index contributed by atoms with van der Waals surface area (Å²) in [6.45, 7) is 2.20. The highest BCUT2D eigenvalue weighted by molar-refractivity contribution is 7.98. The molecule has 1 aromatic rings. The Balaban J connectivity index is 1.95. The molecule has 1 nitrogen and oxygen atoms in total. The largest absolute Gasteiger partial charge is 0.388 e. The molecule has 0 fully saturated rings. The summed E-state index contributed by atoms with van der Waals surface area (Å²) < 4.78 is 0. The molecule has 90 valence electrons. The molecule has 0 saturated heterocycles.